The molecule has 13 heavy (non-hydrogen) atoms. The number of aliphatic hydroxyl groups excluding tert-OH is 1. The quantitative estimate of drug-likeness (QED) is 0.650. The summed E-state index contributed by atoms with van der Waals surface area (Å²) < 4.78 is 0. The molecule has 0 saturated heterocycles. The summed E-state index contributed by atoms with van der Waals surface area (Å²) in [5, 5.41) is 11.2. The Bertz CT molecular complexity index is 310. The van der Waals surface area contributed by atoms with Crippen LogP contribution in [0, 0.1) is 6.92 Å². The Kier molecular flexibility index (Phi) is 2.97. The van der Waals surface area contributed by atoms with Crippen LogP contribution in [0.4, 0.5) is 0 Å². The van der Waals surface area contributed by atoms with E-state index in [1.165, 1.54) is 6.92 Å². The molecule has 1 unspecified atom stereocenters. The second-order valence-corrected chi connectivity index (χ2v) is 2.87. The van der Waals surface area contributed by atoms with E-state index in [-0.39, 0.29) is 5.91 Å². The molecule has 1 aromatic heterocycles. The standard InChI is InChI=1S/C9H12N2O2/c1-6-3-4-10-8(5-6)9(13)11-7(2)12/h3-5,7,12H,1-2H3,(H,11,13). The monoisotopic (exact) mass is 180 g/mol. The number of pyridine rings is 1. The van der Waals surface area contributed by atoms with Gasteiger partial charge >= 0.3 is 0 Å². The normalized spacial score (nSPS) is 12.2. The molecule has 0 aromatic carbocycles. The molecule has 0 radical (unpaired) electrons. The maximum absolute atomic E-state index is 11.3. The zero-order valence-corrected chi connectivity index (χ0v) is 7.61. The minimum absolute atomic E-state index is 0.320. The zero-order chi connectivity index (χ0) is 9.84. The highest BCUT2D eigenvalue weighted by molar-refractivity contribution is 5.92. The minimum Gasteiger partial charge on any atom is -0.374 e. The number of carbonyl (C=O) groups excluding carboxylic acids is 1. The number of nitrogens with one attached hydrogen (secondary N) is 1. The van der Waals surface area contributed by atoms with Crippen molar-refractivity contribution in [3.05, 3.63) is 29.6 Å². The summed E-state index contributed by atoms with van der Waals surface area (Å²) in [6.07, 6.45) is 0.710. The molecule has 0 aliphatic rings. The van der Waals surface area contributed by atoms with Gasteiger partial charge in [0.05, 0.1) is 0 Å². The van der Waals surface area contributed by atoms with Crippen LogP contribution in [-0.2, 0) is 0 Å². The topological polar surface area (TPSA) is 62.2 Å². The van der Waals surface area contributed by atoms with E-state index < -0.39 is 6.23 Å². The molecule has 0 aliphatic heterocycles. The summed E-state index contributed by atoms with van der Waals surface area (Å²) in [6.45, 7) is 3.36. The van der Waals surface area contributed by atoms with Crippen LogP contribution in [-0.4, -0.2) is 22.2 Å². The minimum atomic E-state index is -0.852. The van der Waals surface area contributed by atoms with Gasteiger partial charge in [0.25, 0.3) is 5.91 Å². The Hall–Kier alpha value is -1.42. The molecule has 1 atom stereocenters. The number of aryl methyl sites for hydroxylation is 1. The average molecular weight is 180 g/mol. The van der Waals surface area contributed by atoms with Gasteiger partial charge in [-0.3, -0.25) is 9.78 Å². The van der Waals surface area contributed by atoms with Crippen molar-refractivity contribution in [1.82, 2.24) is 10.3 Å². The molecule has 4 heteroatoms. The van der Waals surface area contributed by atoms with Crippen molar-refractivity contribution in [2.45, 2.75) is 20.1 Å². The van der Waals surface area contributed by atoms with Crippen molar-refractivity contribution in [1.29, 1.82) is 0 Å². The first-order valence-corrected chi connectivity index (χ1v) is 4.01. The molecular weight excluding hydrogens is 168 g/mol. The van der Waals surface area contributed by atoms with Crippen molar-refractivity contribution in [3.63, 3.8) is 0 Å². The third-order valence-electron chi connectivity index (χ3n) is 1.49. The largest absolute Gasteiger partial charge is 0.374 e. The van der Waals surface area contributed by atoms with E-state index in [2.05, 4.69) is 10.3 Å². The first-order valence-electron chi connectivity index (χ1n) is 4.01. The lowest BCUT2D eigenvalue weighted by atomic mass is 10.2. The van der Waals surface area contributed by atoms with Crippen molar-refractivity contribution >= 4 is 5.91 Å². The predicted octanol–water partition coefficient (Wildman–Crippen LogP) is 0.458. The number of amides is 1. The van der Waals surface area contributed by atoms with Crippen LogP contribution in [0.25, 0.3) is 0 Å². The van der Waals surface area contributed by atoms with Crippen molar-refractivity contribution in [2.24, 2.45) is 0 Å². The highest BCUT2D eigenvalue weighted by atomic mass is 16.3. The Labute approximate surface area is 76.6 Å². The summed E-state index contributed by atoms with van der Waals surface area (Å²) >= 11 is 0. The Balaban J connectivity index is 2.77. The van der Waals surface area contributed by atoms with Crippen LogP contribution in [0.1, 0.15) is 23.0 Å². The van der Waals surface area contributed by atoms with Gasteiger partial charge in [0.2, 0.25) is 0 Å². The molecule has 1 heterocycles. The van der Waals surface area contributed by atoms with Gasteiger partial charge in [-0.25, -0.2) is 0 Å². The highest BCUT2D eigenvalue weighted by Crippen LogP contribution is 1.99. The maximum atomic E-state index is 11.3. The molecular formula is C9H12N2O2. The van der Waals surface area contributed by atoms with E-state index in [1.54, 1.807) is 18.3 Å². The molecule has 70 valence electrons. The zero-order valence-electron chi connectivity index (χ0n) is 7.61. The molecule has 1 amide bonds. The molecule has 2 N–H and O–H groups in total. The van der Waals surface area contributed by atoms with Gasteiger partial charge in [0, 0.05) is 6.20 Å². The van der Waals surface area contributed by atoms with Crippen molar-refractivity contribution in [3.8, 4) is 0 Å². The van der Waals surface area contributed by atoms with Gasteiger partial charge < -0.3 is 10.4 Å². The third kappa shape index (κ3) is 2.83. The summed E-state index contributed by atoms with van der Waals surface area (Å²) in [4.78, 5) is 15.1. The smallest absolute Gasteiger partial charge is 0.271 e. The Morgan fingerprint density at radius 2 is 2.38 bits per heavy atom. The van der Waals surface area contributed by atoms with E-state index in [0.29, 0.717) is 5.69 Å². The second kappa shape index (κ2) is 4.00. The van der Waals surface area contributed by atoms with E-state index in [9.17, 15) is 4.79 Å². The van der Waals surface area contributed by atoms with E-state index in [4.69, 9.17) is 5.11 Å². The first-order chi connectivity index (χ1) is 6.09. The summed E-state index contributed by atoms with van der Waals surface area (Å²) in [5.41, 5.74) is 1.28. The molecule has 0 saturated carbocycles. The third-order valence-corrected chi connectivity index (χ3v) is 1.49. The fraction of sp³-hybridized carbons (Fsp3) is 0.333. The maximum Gasteiger partial charge on any atom is 0.271 e. The van der Waals surface area contributed by atoms with Crippen molar-refractivity contribution in [2.75, 3.05) is 0 Å². The molecule has 1 rings (SSSR count). The average Bonchev–Trinajstić information content (AvgIpc) is 2.03. The lowest BCUT2D eigenvalue weighted by Gasteiger charge is -2.06. The number of aliphatic hydroxyl groups is 1. The molecule has 1 aromatic rings. The molecule has 0 fully saturated rings. The number of carbonyl (C=O) groups is 1. The molecule has 0 bridgehead atoms. The number of hydrogen-bond donors (Lipinski definition) is 2. The summed E-state index contributed by atoms with van der Waals surface area (Å²) in [5.74, 6) is -0.362. The number of rotatable bonds is 2. The van der Waals surface area contributed by atoms with Gasteiger partial charge in [-0.2, -0.15) is 0 Å². The molecule has 0 spiro atoms. The van der Waals surface area contributed by atoms with Crippen LogP contribution < -0.4 is 5.32 Å². The Morgan fingerprint density at radius 3 is 2.92 bits per heavy atom. The van der Waals surface area contributed by atoms with Crippen LogP contribution in [0.3, 0.4) is 0 Å². The summed E-state index contributed by atoms with van der Waals surface area (Å²) in [6, 6.07) is 3.47. The van der Waals surface area contributed by atoms with Gasteiger partial charge in [0.15, 0.2) is 0 Å². The van der Waals surface area contributed by atoms with Crippen LogP contribution >= 0.6 is 0 Å². The van der Waals surface area contributed by atoms with E-state index >= 15 is 0 Å². The SMILES string of the molecule is Cc1ccnc(C(=O)NC(C)O)c1. The molecule has 0 aliphatic carbocycles. The summed E-state index contributed by atoms with van der Waals surface area (Å²) in [7, 11) is 0. The fourth-order valence-electron chi connectivity index (χ4n) is 0.924. The highest BCUT2D eigenvalue weighted by Gasteiger charge is 2.07. The van der Waals surface area contributed by atoms with Gasteiger partial charge in [0.1, 0.15) is 11.9 Å². The van der Waals surface area contributed by atoms with E-state index in [1.807, 2.05) is 6.92 Å². The van der Waals surface area contributed by atoms with E-state index in [0.717, 1.165) is 5.56 Å². The van der Waals surface area contributed by atoms with Gasteiger partial charge in [-0.05, 0) is 31.5 Å². The lowest BCUT2D eigenvalue weighted by molar-refractivity contribution is 0.0813. The Morgan fingerprint density at radius 1 is 1.69 bits per heavy atom. The molecule has 4 nitrogen and oxygen atoms in total. The predicted molar refractivity (Wildman–Crippen MR) is 48.1 cm³/mol. The fourth-order valence-corrected chi connectivity index (χ4v) is 0.924. The number of nitrogens with zero attached hydrogens (tertiary/aromatic N) is 1. The van der Waals surface area contributed by atoms with Gasteiger partial charge in [-0.15, -0.1) is 0 Å². The van der Waals surface area contributed by atoms with Gasteiger partial charge in [-0.1, -0.05) is 0 Å². The second-order valence-electron chi connectivity index (χ2n) is 2.87. The number of aromatic nitrogens is 1. The lowest BCUT2D eigenvalue weighted by Crippen LogP contribution is -2.32. The van der Waals surface area contributed by atoms with Crippen LogP contribution in [0.5, 0.6) is 0 Å². The van der Waals surface area contributed by atoms with Crippen LogP contribution in [0.2, 0.25) is 0 Å². The first kappa shape index (κ1) is 9.67. The number of hydrogen-bond acceptors (Lipinski definition) is 3. The van der Waals surface area contributed by atoms with Crippen molar-refractivity contribution < 1.29 is 9.90 Å². The van der Waals surface area contributed by atoms with Crippen LogP contribution in [0.15, 0.2) is 18.3 Å².